The van der Waals surface area contributed by atoms with Gasteiger partial charge >= 0.3 is 0 Å². The SMILES string of the molecule is NCCC1CCN(c2ncc(Br)cc2Cl)C1. The van der Waals surface area contributed by atoms with Crippen LogP contribution < -0.4 is 10.6 Å². The van der Waals surface area contributed by atoms with Crippen molar-refractivity contribution < 1.29 is 0 Å². The monoisotopic (exact) mass is 303 g/mol. The molecule has 0 aliphatic carbocycles. The maximum Gasteiger partial charge on any atom is 0.147 e. The fourth-order valence-corrected chi connectivity index (χ4v) is 2.89. The van der Waals surface area contributed by atoms with E-state index in [9.17, 15) is 0 Å². The van der Waals surface area contributed by atoms with Crippen LogP contribution >= 0.6 is 27.5 Å². The highest BCUT2D eigenvalue weighted by atomic mass is 79.9. The first-order chi connectivity index (χ1) is 7.70. The van der Waals surface area contributed by atoms with Crippen molar-refractivity contribution in [3.8, 4) is 0 Å². The quantitative estimate of drug-likeness (QED) is 0.933. The van der Waals surface area contributed by atoms with Crippen LogP contribution in [-0.2, 0) is 0 Å². The highest BCUT2D eigenvalue weighted by Gasteiger charge is 2.24. The highest BCUT2D eigenvalue weighted by Crippen LogP contribution is 2.30. The van der Waals surface area contributed by atoms with Gasteiger partial charge in [-0.15, -0.1) is 0 Å². The topological polar surface area (TPSA) is 42.1 Å². The maximum absolute atomic E-state index is 6.18. The van der Waals surface area contributed by atoms with Crippen molar-refractivity contribution in [3.63, 3.8) is 0 Å². The molecule has 0 saturated carbocycles. The molecule has 1 atom stereocenters. The Labute approximate surface area is 109 Å². The van der Waals surface area contributed by atoms with Gasteiger partial charge in [0.05, 0.1) is 5.02 Å². The van der Waals surface area contributed by atoms with E-state index in [0.29, 0.717) is 10.9 Å². The summed E-state index contributed by atoms with van der Waals surface area (Å²) >= 11 is 9.54. The molecule has 0 radical (unpaired) electrons. The van der Waals surface area contributed by atoms with E-state index in [1.807, 2.05) is 6.07 Å². The number of hydrogen-bond donors (Lipinski definition) is 1. The van der Waals surface area contributed by atoms with Crippen molar-refractivity contribution in [2.45, 2.75) is 12.8 Å². The van der Waals surface area contributed by atoms with E-state index in [1.165, 1.54) is 6.42 Å². The van der Waals surface area contributed by atoms with Crippen LogP contribution in [0.2, 0.25) is 5.02 Å². The zero-order valence-corrected chi connectivity index (χ0v) is 11.3. The standard InChI is InChI=1S/C11H15BrClN3/c12-9-5-10(13)11(15-6-9)16-4-2-8(7-16)1-3-14/h5-6,8H,1-4,7,14H2. The highest BCUT2D eigenvalue weighted by molar-refractivity contribution is 9.10. The van der Waals surface area contributed by atoms with Crippen molar-refractivity contribution in [1.82, 2.24) is 4.98 Å². The molecule has 0 aromatic carbocycles. The molecule has 1 saturated heterocycles. The largest absolute Gasteiger partial charge is 0.355 e. The van der Waals surface area contributed by atoms with Gasteiger partial charge in [-0.1, -0.05) is 11.6 Å². The third-order valence-electron chi connectivity index (χ3n) is 2.95. The molecule has 16 heavy (non-hydrogen) atoms. The molecule has 5 heteroatoms. The lowest BCUT2D eigenvalue weighted by Crippen LogP contribution is -2.21. The maximum atomic E-state index is 6.18. The minimum absolute atomic E-state index is 0.687. The van der Waals surface area contributed by atoms with Gasteiger partial charge in [0.25, 0.3) is 0 Å². The summed E-state index contributed by atoms with van der Waals surface area (Å²) in [5.41, 5.74) is 5.58. The average Bonchev–Trinajstić information content (AvgIpc) is 2.67. The Balaban J connectivity index is 2.08. The first-order valence-corrected chi connectivity index (χ1v) is 6.64. The lowest BCUT2D eigenvalue weighted by molar-refractivity contribution is 0.546. The van der Waals surface area contributed by atoms with E-state index < -0.39 is 0 Å². The predicted molar refractivity (Wildman–Crippen MR) is 70.9 cm³/mol. The Morgan fingerprint density at radius 3 is 3.12 bits per heavy atom. The van der Waals surface area contributed by atoms with Crippen LogP contribution in [0, 0.1) is 5.92 Å². The molecule has 0 amide bonds. The molecule has 88 valence electrons. The van der Waals surface area contributed by atoms with Gasteiger partial charge < -0.3 is 10.6 Å². The number of hydrogen-bond acceptors (Lipinski definition) is 3. The number of anilines is 1. The second kappa shape index (κ2) is 5.34. The second-order valence-electron chi connectivity index (χ2n) is 4.14. The fourth-order valence-electron chi connectivity index (χ4n) is 2.14. The zero-order valence-electron chi connectivity index (χ0n) is 9.00. The van der Waals surface area contributed by atoms with Gasteiger partial charge in [-0.25, -0.2) is 4.98 Å². The van der Waals surface area contributed by atoms with Gasteiger partial charge in [-0.3, -0.25) is 0 Å². The normalized spacial score (nSPS) is 20.4. The van der Waals surface area contributed by atoms with Crippen LogP contribution in [0.5, 0.6) is 0 Å². The summed E-state index contributed by atoms with van der Waals surface area (Å²) in [6.07, 6.45) is 4.06. The molecule has 0 bridgehead atoms. The van der Waals surface area contributed by atoms with Crippen LogP contribution in [0.25, 0.3) is 0 Å². The molecule has 1 aromatic rings. The number of aromatic nitrogens is 1. The first kappa shape index (κ1) is 12.1. The molecule has 3 nitrogen and oxygen atoms in total. The van der Waals surface area contributed by atoms with Gasteiger partial charge in [-0.2, -0.15) is 0 Å². The van der Waals surface area contributed by atoms with Crippen molar-refractivity contribution in [2.75, 3.05) is 24.5 Å². The molecule has 2 heterocycles. The Morgan fingerprint density at radius 1 is 1.62 bits per heavy atom. The lowest BCUT2D eigenvalue weighted by atomic mass is 10.1. The summed E-state index contributed by atoms with van der Waals surface area (Å²) in [7, 11) is 0. The summed E-state index contributed by atoms with van der Waals surface area (Å²) < 4.78 is 0.916. The molecule has 1 aromatic heterocycles. The van der Waals surface area contributed by atoms with Gasteiger partial charge in [0.2, 0.25) is 0 Å². The lowest BCUT2D eigenvalue weighted by Gasteiger charge is -2.18. The minimum atomic E-state index is 0.687. The van der Waals surface area contributed by atoms with E-state index in [-0.39, 0.29) is 0 Å². The Bertz CT molecular complexity index is 372. The van der Waals surface area contributed by atoms with Crippen molar-refractivity contribution in [3.05, 3.63) is 21.8 Å². The van der Waals surface area contributed by atoms with Gasteiger partial charge in [0.15, 0.2) is 0 Å². The smallest absolute Gasteiger partial charge is 0.147 e. The van der Waals surface area contributed by atoms with Crippen molar-refractivity contribution >= 4 is 33.3 Å². The summed E-state index contributed by atoms with van der Waals surface area (Å²) in [6.45, 7) is 2.81. The molecule has 1 unspecified atom stereocenters. The van der Waals surface area contributed by atoms with E-state index in [2.05, 4.69) is 25.8 Å². The van der Waals surface area contributed by atoms with Crippen LogP contribution in [0.1, 0.15) is 12.8 Å². The molecule has 0 spiro atoms. The van der Waals surface area contributed by atoms with Crippen LogP contribution in [-0.4, -0.2) is 24.6 Å². The van der Waals surface area contributed by atoms with Crippen LogP contribution in [0.15, 0.2) is 16.7 Å². The van der Waals surface area contributed by atoms with E-state index in [0.717, 1.165) is 36.3 Å². The summed E-state index contributed by atoms with van der Waals surface area (Å²) in [4.78, 5) is 6.62. The van der Waals surface area contributed by atoms with E-state index in [1.54, 1.807) is 6.20 Å². The summed E-state index contributed by atoms with van der Waals surface area (Å²) in [5.74, 6) is 1.58. The number of nitrogens with zero attached hydrogens (tertiary/aromatic N) is 2. The number of rotatable bonds is 3. The fraction of sp³-hybridized carbons (Fsp3) is 0.545. The first-order valence-electron chi connectivity index (χ1n) is 5.46. The number of pyridine rings is 1. The molecular weight excluding hydrogens is 289 g/mol. The van der Waals surface area contributed by atoms with E-state index >= 15 is 0 Å². The predicted octanol–water partition coefficient (Wildman–Crippen LogP) is 2.67. The Kier molecular flexibility index (Phi) is 4.05. The second-order valence-corrected chi connectivity index (χ2v) is 5.46. The average molecular weight is 305 g/mol. The van der Waals surface area contributed by atoms with Crippen LogP contribution in [0.4, 0.5) is 5.82 Å². The Morgan fingerprint density at radius 2 is 2.44 bits per heavy atom. The van der Waals surface area contributed by atoms with Crippen LogP contribution in [0.3, 0.4) is 0 Å². The molecule has 2 N–H and O–H groups in total. The summed E-state index contributed by atoms with van der Waals surface area (Å²) in [6, 6.07) is 1.89. The minimum Gasteiger partial charge on any atom is -0.355 e. The number of halogens is 2. The van der Waals surface area contributed by atoms with Crippen molar-refractivity contribution in [1.29, 1.82) is 0 Å². The summed E-state index contributed by atoms with van der Waals surface area (Å²) in [5, 5.41) is 0.711. The van der Waals surface area contributed by atoms with Gasteiger partial charge in [0, 0.05) is 23.8 Å². The molecular formula is C11H15BrClN3. The van der Waals surface area contributed by atoms with Gasteiger partial charge in [-0.05, 0) is 47.3 Å². The molecule has 1 aliphatic rings. The molecule has 2 rings (SSSR count). The molecule has 1 aliphatic heterocycles. The zero-order chi connectivity index (χ0) is 11.5. The van der Waals surface area contributed by atoms with E-state index in [4.69, 9.17) is 17.3 Å². The van der Waals surface area contributed by atoms with Crippen molar-refractivity contribution in [2.24, 2.45) is 11.7 Å². The molecule has 1 fully saturated rings. The van der Waals surface area contributed by atoms with Gasteiger partial charge in [0.1, 0.15) is 5.82 Å². The Hall–Kier alpha value is -0.320. The number of nitrogens with two attached hydrogens (primary N) is 1. The third-order valence-corrected chi connectivity index (χ3v) is 3.66. The third kappa shape index (κ3) is 2.67.